The first-order valence-corrected chi connectivity index (χ1v) is 7.87. The normalized spacial score (nSPS) is 10.4. The number of amides is 2. The van der Waals surface area contributed by atoms with Crippen molar-refractivity contribution in [2.45, 2.75) is 33.1 Å². The van der Waals surface area contributed by atoms with Gasteiger partial charge in [-0.15, -0.1) is 11.3 Å². The zero-order valence-electron chi connectivity index (χ0n) is 12.8. The van der Waals surface area contributed by atoms with Crippen LogP contribution in [0.1, 0.15) is 31.1 Å². The van der Waals surface area contributed by atoms with Crippen molar-refractivity contribution in [2.24, 2.45) is 0 Å². The number of hydrogen-bond acceptors (Lipinski definition) is 5. The van der Waals surface area contributed by atoms with Gasteiger partial charge in [0.25, 0.3) is 0 Å². The van der Waals surface area contributed by atoms with E-state index in [1.54, 1.807) is 6.20 Å². The molecule has 0 aromatic carbocycles. The third-order valence-electron chi connectivity index (χ3n) is 2.85. The average Bonchev–Trinajstić information content (AvgIpc) is 2.83. The van der Waals surface area contributed by atoms with Crippen LogP contribution in [0, 0.1) is 6.92 Å². The van der Waals surface area contributed by atoms with Crippen LogP contribution < -0.4 is 5.32 Å². The highest BCUT2D eigenvalue weighted by molar-refractivity contribution is 7.15. The Morgan fingerprint density at radius 2 is 2.19 bits per heavy atom. The van der Waals surface area contributed by atoms with E-state index in [4.69, 9.17) is 4.74 Å². The molecule has 6 nitrogen and oxygen atoms in total. The quantitative estimate of drug-likeness (QED) is 0.708. The largest absolute Gasteiger partial charge is 0.375 e. The Kier molecular flexibility index (Phi) is 7.92. The molecule has 1 aromatic rings. The average molecular weight is 313 g/mol. The maximum atomic E-state index is 12.0. The van der Waals surface area contributed by atoms with Gasteiger partial charge < -0.3 is 15.0 Å². The minimum atomic E-state index is -0.231. The fourth-order valence-corrected chi connectivity index (χ4v) is 2.48. The summed E-state index contributed by atoms with van der Waals surface area (Å²) in [5.41, 5.74) is 0. The van der Waals surface area contributed by atoms with Crippen molar-refractivity contribution in [3.63, 3.8) is 0 Å². The van der Waals surface area contributed by atoms with Gasteiger partial charge >= 0.3 is 0 Å². The Labute approximate surface area is 129 Å². The molecule has 0 radical (unpaired) electrons. The second-order valence-electron chi connectivity index (χ2n) is 4.78. The molecule has 1 heterocycles. The lowest BCUT2D eigenvalue weighted by Gasteiger charge is -2.21. The van der Waals surface area contributed by atoms with Gasteiger partial charge in [-0.3, -0.25) is 9.59 Å². The molecule has 0 saturated heterocycles. The number of carbonyl (C=O) groups is 2. The standard InChI is InChI=1S/C14H23N3O3S/c1-4-5-6-7-17(13(19)10-20-3)9-12(18)16-14-15-8-11(2)21-14/h8H,4-7,9-10H2,1-3H3,(H,15,16,18). The number of ether oxygens (including phenoxy) is 1. The van der Waals surface area contributed by atoms with Gasteiger partial charge in [-0.2, -0.15) is 0 Å². The maximum absolute atomic E-state index is 12.0. The predicted octanol–water partition coefficient (Wildman–Crippen LogP) is 2.06. The molecule has 0 bridgehead atoms. The molecule has 0 aliphatic rings. The van der Waals surface area contributed by atoms with Gasteiger partial charge in [0.05, 0.1) is 6.54 Å². The van der Waals surface area contributed by atoms with Crippen LogP contribution in [-0.2, 0) is 14.3 Å². The molecule has 21 heavy (non-hydrogen) atoms. The Balaban J connectivity index is 2.53. The van der Waals surface area contributed by atoms with Crippen molar-refractivity contribution < 1.29 is 14.3 Å². The predicted molar refractivity (Wildman–Crippen MR) is 83.5 cm³/mol. The Hall–Kier alpha value is -1.47. The van der Waals surface area contributed by atoms with Crippen molar-refractivity contribution in [3.8, 4) is 0 Å². The minimum absolute atomic E-state index is 0.00420. The van der Waals surface area contributed by atoms with Gasteiger partial charge in [-0.1, -0.05) is 19.8 Å². The zero-order chi connectivity index (χ0) is 15.7. The lowest BCUT2D eigenvalue weighted by molar-refractivity contribution is -0.138. The number of rotatable bonds is 9. The number of methoxy groups -OCH3 is 1. The Morgan fingerprint density at radius 1 is 1.43 bits per heavy atom. The van der Waals surface area contributed by atoms with Crippen molar-refractivity contribution in [1.29, 1.82) is 0 Å². The van der Waals surface area contributed by atoms with Crippen molar-refractivity contribution in [2.75, 3.05) is 32.1 Å². The number of aromatic nitrogens is 1. The van der Waals surface area contributed by atoms with Crippen LogP contribution in [0.15, 0.2) is 6.20 Å². The fourth-order valence-electron chi connectivity index (χ4n) is 1.80. The molecule has 0 spiro atoms. The van der Waals surface area contributed by atoms with Crippen LogP contribution in [-0.4, -0.2) is 48.5 Å². The monoisotopic (exact) mass is 313 g/mol. The molecule has 1 N–H and O–H groups in total. The van der Waals surface area contributed by atoms with E-state index in [2.05, 4.69) is 17.2 Å². The number of hydrogen-bond donors (Lipinski definition) is 1. The molecular weight excluding hydrogens is 290 g/mol. The van der Waals surface area contributed by atoms with Crippen molar-refractivity contribution in [1.82, 2.24) is 9.88 Å². The number of nitrogens with zero attached hydrogens (tertiary/aromatic N) is 2. The molecule has 0 unspecified atom stereocenters. The molecule has 0 atom stereocenters. The SMILES string of the molecule is CCCCCN(CC(=O)Nc1ncc(C)s1)C(=O)COC. The highest BCUT2D eigenvalue weighted by atomic mass is 32.1. The molecule has 1 aromatic heterocycles. The van der Waals surface area contributed by atoms with Gasteiger partial charge in [0, 0.05) is 24.7 Å². The van der Waals surface area contributed by atoms with E-state index in [1.165, 1.54) is 23.3 Å². The van der Waals surface area contributed by atoms with E-state index in [-0.39, 0.29) is 25.0 Å². The summed E-state index contributed by atoms with van der Waals surface area (Å²) in [6, 6.07) is 0. The van der Waals surface area contributed by atoms with Crippen LogP contribution >= 0.6 is 11.3 Å². The maximum Gasteiger partial charge on any atom is 0.249 e. The van der Waals surface area contributed by atoms with Crippen LogP contribution in [0.5, 0.6) is 0 Å². The van der Waals surface area contributed by atoms with Crippen molar-refractivity contribution in [3.05, 3.63) is 11.1 Å². The second-order valence-corrected chi connectivity index (χ2v) is 6.01. The van der Waals surface area contributed by atoms with E-state index in [9.17, 15) is 9.59 Å². The van der Waals surface area contributed by atoms with Gasteiger partial charge in [0.15, 0.2) is 5.13 Å². The summed E-state index contributed by atoms with van der Waals surface area (Å²) in [5, 5.41) is 3.27. The van der Waals surface area contributed by atoms with Crippen LogP contribution in [0.3, 0.4) is 0 Å². The Bertz CT molecular complexity index is 462. The van der Waals surface area contributed by atoms with E-state index < -0.39 is 0 Å². The van der Waals surface area contributed by atoms with Gasteiger partial charge in [0.1, 0.15) is 6.61 Å². The first-order valence-electron chi connectivity index (χ1n) is 7.05. The lowest BCUT2D eigenvalue weighted by atomic mass is 10.2. The number of thiazole rings is 1. The molecule has 118 valence electrons. The second kappa shape index (κ2) is 9.46. The first kappa shape index (κ1) is 17.6. The smallest absolute Gasteiger partial charge is 0.249 e. The lowest BCUT2D eigenvalue weighted by Crippen LogP contribution is -2.40. The summed E-state index contributed by atoms with van der Waals surface area (Å²) >= 11 is 1.41. The molecule has 0 fully saturated rings. The van der Waals surface area contributed by atoms with Crippen LogP contribution in [0.2, 0.25) is 0 Å². The van der Waals surface area contributed by atoms with Crippen LogP contribution in [0.4, 0.5) is 5.13 Å². The molecule has 1 rings (SSSR count). The summed E-state index contributed by atoms with van der Waals surface area (Å²) in [6.45, 7) is 4.62. The summed E-state index contributed by atoms with van der Waals surface area (Å²) in [4.78, 5) is 30.6. The number of aryl methyl sites for hydroxylation is 1. The molecular formula is C14H23N3O3S. The molecule has 2 amide bonds. The molecule has 0 aliphatic heterocycles. The summed E-state index contributed by atoms with van der Waals surface area (Å²) in [7, 11) is 1.47. The summed E-state index contributed by atoms with van der Waals surface area (Å²) < 4.78 is 4.86. The molecule has 0 saturated carbocycles. The molecule has 0 aliphatic carbocycles. The van der Waals surface area contributed by atoms with E-state index in [0.717, 1.165) is 24.1 Å². The number of carbonyl (C=O) groups excluding carboxylic acids is 2. The molecule has 7 heteroatoms. The fraction of sp³-hybridized carbons (Fsp3) is 0.643. The van der Waals surface area contributed by atoms with Gasteiger partial charge in [-0.25, -0.2) is 4.98 Å². The van der Waals surface area contributed by atoms with E-state index >= 15 is 0 Å². The topological polar surface area (TPSA) is 71.5 Å². The van der Waals surface area contributed by atoms with E-state index in [1.807, 2.05) is 6.92 Å². The van der Waals surface area contributed by atoms with Crippen molar-refractivity contribution >= 4 is 28.3 Å². The third kappa shape index (κ3) is 6.68. The van der Waals surface area contributed by atoms with E-state index in [0.29, 0.717) is 11.7 Å². The summed E-state index contributed by atoms with van der Waals surface area (Å²) in [6.07, 6.45) is 4.69. The van der Waals surface area contributed by atoms with Crippen LogP contribution in [0.25, 0.3) is 0 Å². The van der Waals surface area contributed by atoms with Gasteiger partial charge in [0.2, 0.25) is 11.8 Å². The summed E-state index contributed by atoms with van der Waals surface area (Å²) in [5.74, 6) is -0.399. The Morgan fingerprint density at radius 3 is 2.76 bits per heavy atom. The number of anilines is 1. The number of unbranched alkanes of at least 4 members (excludes halogenated alkanes) is 2. The minimum Gasteiger partial charge on any atom is -0.375 e. The highest BCUT2D eigenvalue weighted by Gasteiger charge is 2.17. The number of nitrogens with one attached hydrogen (secondary N) is 1. The zero-order valence-corrected chi connectivity index (χ0v) is 13.7. The third-order valence-corrected chi connectivity index (χ3v) is 3.68. The highest BCUT2D eigenvalue weighted by Crippen LogP contribution is 2.16. The first-order chi connectivity index (χ1) is 10.1. The van der Waals surface area contributed by atoms with Gasteiger partial charge in [-0.05, 0) is 13.3 Å².